The zero-order chi connectivity index (χ0) is 10.8. The Balaban J connectivity index is 2.85. The zero-order valence-electron chi connectivity index (χ0n) is 8.40. The Labute approximate surface area is 85.8 Å². The molecule has 4 nitrogen and oxygen atoms in total. The molecule has 0 aliphatic heterocycles. The molecule has 1 aromatic carbocycles. The third kappa shape index (κ3) is 1.58. The number of aromatic nitrogens is 1. The van der Waals surface area contributed by atoms with Crippen LogP contribution in [0.5, 0.6) is 0 Å². The lowest BCUT2D eigenvalue weighted by Gasteiger charge is -2.02. The van der Waals surface area contributed by atoms with E-state index < -0.39 is 5.76 Å². The van der Waals surface area contributed by atoms with Crippen molar-refractivity contribution in [3.8, 4) is 0 Å². The van der Waals surface area contributed by atoms with Crippen molar-refractivity contribution < 1.29 is 4.42 Å². The van der Waals surface area contributed by atoms with Crippen molar-refractivity contribution >= 4 is 11.0 Å². The van der Waals surface area contributed by atoms with Gasteiger partial charge in [-0.2, -0.15) is 0 Å². The minimum absolute atomic E-state index is 0.274. The lowest BCUT2D eigenvalue weighted by molar-refractivity contribution is 0.453. The molecule has 0 fully saturated rings. The fourth-order valence-electron chi connectivity index (χ4n) is 1.53. The predicted octanol–water partition coefficient (Wildman–Crippen LogP) is 1.36. The maximum absolute atomic E-state index is 11.8. The monoisotopic (exact) mass is 205 g/mol. The van der Waals surface area contributed by atoms with Gasteiger partial charge < -0.3 is 4.42 Å². The average molecular weight is 205 g/mol. The summed E-state index contributed by atoms with van der Waals surface area (Å²) in [5.41, 5.74) is 0.0727. The van der Waals surface area contributed by atoms with Gasteiger partial charge in [-0.05, 0) is 18.6 Å². The molecule has 0 saturated heterocycles. The molecule has 0 spiro atoms. The third-order valence-electron chi connectivity index (χ3n) is 2.23. The second kappa shape index (κ2) is 3.73. The van der Waals surface area contributed by atoms with Gasteiger partial charge in [-0.1, -0.05) is 19.1 Å². The van der Waals surface area contributed by atoms with Crippen LogP contribution < -0.4 is 11.3 Å². The van der Waals surface area contributed by atoms with E-state index in [4.69, 9.17) is 4.42 Å². The van der Waals surface area contributed by atoms with E-state index in [2.05, 4.69) is 0 Å². The Kier molecular flexibility index (Phi) is 2.41. The van der Waals surface area contributed by atoms with E-state index in [0.717, 1.165) is 11.0 Å². The number of para-hydroxylation sites is 1. The van der Waals surface area contributed by atoms with Crippen LogP contribution in [0.15, 0.2) is 38.3 Å². The highest BCUT2D eigenvalue weighted by atomic mass is 16.4. The molecule has 2 aromatic rings. The molecule has 1 heterocycles. The van der Waals surface area contributed by atoms with Crippen LogP contribution in [0.4, 0.5) is 0 Å². The Morgan fingerprint density at radius 2 is 2.00 bits per heavy atom. The highest BCUT2D eigenvalue weighted by Gasteiger charge is 2.07. The molecule has 0 saturated carbocycles. The Bertz CT molecular complexity index is 595. The number of hydrogen-bond donors (Lipinski definition) is 0. The van der Waals surface area contributed by atoms with Gasteiger partial charge in [0.05, 0.1) is 5.39 Å². The van der Waals surface area contributed by atoms with E-state index >= 15 is 0 Å². The molecule has 0 amide bonds. The SMILES string of the molecule is CCCn1c(=O)oc2ccccc2c1=O. The van der Waals surface area contributed by atoms with E-state index in [1.165, 1.54) is 0 Å². The number of benzene rings is 1. The fourth-order valence-corrected chi connectivity index (χ4v) is 1.53. The lowest BCUT2D eigenvalue weighted by Crippen LogP contribution is -2.32. The molecule has 0 unspecified atom stereocenters. The maximum Gasteiger partial charge on any atom is 0.422 e. The number of rotatable bonds is 2. The Hall–Kier alpha value is -1.84. The first-order valence-corrected chi connectivity index (χ1v) is 4.86. The predicted molar refractivity (Wildman–Crippen MR) is 57.0 cm³/mol. The summed E-state index contributed by atoms with van der Waals surface area (Å²) >= 11 is 0. The molecule has 0 radical (unpaired) electrons. The molecule has 0 aliphatic rings. The van der Waals surface area contributed by atoms with E-state index in [1.807, 2.05) is 6.92 Å². The topological polar surface area (TPSA) is 52.2 Å². The summed E-state index contributed by atoms with van der Waals surface area (Å²) in [6.45, 7) is 2.30. The van der Waals surface area contributed by atoms with Crippen LogP contribution in [0.3, 0.4) is 0 Å². The van der Waals surface area contributed by atoms with E-state index in [1.54, 1.807) is 24.3 Å². The lowest BCUT2D eigenvalue weighted by atomic mass is 10.2. The van der Waals surface area contributed by atoms with Crippen molar-refractivity contribution in [2.45, 2.75) is 19.9 Å². The molecule has 0 N–H and O–H groups in total. The number of fused-ring (bicyclic) bond motifs is 1. The van der Waals surface area contributed by atoms with Crippen molar-refractivity contribution in [1.29, 1.82) is 0 Å². The van der Waals surface area contributed by atoms with Crippen LogP contribution in [-0.2, 0) is 6.54 Å². The average Bonchev–Trinajstić information content (AvgIpc) is 2.24. The highest BCUT2D eigenvalue weighted by Crippen LogP contribution is 2.05. The van der Waals surface area contributed by atoms with Gasteiger partial charge in [0.2, 0.25) is 0 Å². The molecule has 0 atom stereocenters. The molecule has 0 bridgehead atoms. The van der Waals surface area contributed by atoms with Gasteiger partial charge in [0.25, 0.3) is 5.56 Å². The van der Waals surface area contributed by atoms with Gasteiger partial charge in [0, 0.05) is 6.54 Å². The summed E-state index contributed by atoms with van der Waals surface area (Å²) in [6, 6.07) is 6.76. The normalized spacial score (nSPS) is 10.7. The molecular formula is C11H11NO3. The Morgan fingerprint density at radius 1 is 1.27 bits per heavy atom. The van der Waals surface area contributed by atoms with Crippen LogP contribution >= 0.6 is 0 Å². The Morgan fingerprint density at radius 3 is 2.73 bits per heavy atom. The van der Waals surface area contributed by atoms with E-state index in [9.17, 15) is 9.59 Å². The standard InChI is InChI=1S/C11H11NO3/c1-2-7-12-10(13)8-5-3-4-6-9(8)15-11(12)14/h3-6H,2,7H2,1H3. The smallest absolute Gasteiger partial charge is 0.409 e. The van der Waals surface area contributed by atoms with E-state index in [0.29, 0.717) is 17.5 Å². The number of nitrogens with zero attached hydrogens (tertiary/aromatic N) is 1. The minimum Gasteiger partial charge on any atom is -0.409 e. The summed E-state index contributed by atoms with van der Waals surface area (Å²) in [4.78, 5) is 23.3. The molecule has 15 heavy (non-hydrogen) atoms. The van der Waals surface area contributed by atoms with Crippen molar-refractivity contribution in [1.82, 2.24) is 4.57 Å². The molecular weight excluding hydrogens is 194 g/mol. The summed E-state index contributed by atoms with van der Waals surface area (Å²) in [7, 11) is 0. The molecule has 78 valence electrons. The van der Waals surface area contributed by atoms with Crippen molar-refractivity contribution in [3.05, 3.63) is 45.2 Å². The van der Waals surface area contributed by atoms with Gasteiger partial charge in [0.15, 0.2) is 0 Å². The zero-order valence-corrected chi connectivity index (χ0v) is 8.40. The van der Waals surface area contributed by atoms with Crippen molar-refractivity contribution in [2.75, 3.05) is 0 Å². The fraction of sp³-hybridized carbons (Fsp3) is 0.273. The molecule has 1 aromatic heterocycles. The van der Waals surface area contributed by atoms with E-state index in [-0.39, 0.29) is 5.56 Å². The molecule has 4 heteroatoms. The second-order valence-electron chi connectivity index (χ2n) is 3.32. The van der Waals surface area contributed by atoms with Crippen LogP contribution in [0.25, 0.3) is 11.0 Å². The number of hydrogen-bond acceptors (Lipinski definition) is 3. The minimum atomic E-state index is -0.583. The summed E-state index contributed by atoms with van der Waals surface area (Å²) in [6.07, 6.45) is 0.725. The van der Waals surface area contributed by atoms with Gasteiger partial charge in [0.1, 0.15) is 5.58 Å². The highest BCUT2D eigenvalue weighted by molar-refractivity contribution is 5.74. The van der Waals surface area contributed by atoms with Crippen LogP contribution in [-0.4, -0.2) is 4.57 Å². The summed E-state index contributed by atoms with van der Waals surface area (Å²) in [5, 5.41) is 0.450. The maximum atomic E-state index is 11.8. The van der Waals surface area contributed by atoms with Gasteiger partial charge in [-0.15, -0.1) is 0 Å². The largest absolute Gasteiger partial charge is 0.422 e. The quantitative estimate of drug-likeness (QED) is 0.743. The van der Waals surface area contributed by atoms with Crippen LogP contribution in [0.1, 0.15) is 13.3 Å². The first-order valence-electron chi connectivity index (χ1n) is 4.86. The first kappa shape index (κ1) is 9.71. The van der Waals surface area contributed by atoms with Gasteiger partial charge in [-0.25, -0.2) is 9.36 Å². The second-order valence-corrected chi connectivity index (χ2v) is 3.32. The summed E-state index contributed by atoms with van der Waals surface area (Å²) < 4.78 is 6.16. The van der Waals surface area contributed by atoms with Gasteiger partial charge in [-0.3, -0.25) is 4.79 Å². The van der Waals surface area contributed by atoms with Crippen molar-refractivity contribution in [3.63, 3.8) is 0 Å². The first-order chi connectivity index (χ1) is 7.24. The van der Waals surface area contributed by atoms with Crippen LogP contribution in [0, 0.1) is 0 Å². The molecule has 0 aliphatic carbocycles. The third-order valence-corrected chi connectivity index (χ3v) is 2.23. The summed E-state index contributed by atoms with van der Waals surface area (Å²) in [5.74, 6) is -0.583. The van der Waals surface area contributed by atoms with Crippen molar-refractivity contribution in [2.24, 2.45) is 0 Å². The molecule has 2 rings (SSSR count). The van der Waals surface area contributed by atoms with Crippen LogP contribution in [0.2, 0.25) is 0 Å². The van der Waals surface area contributed by atoms with Gasteiger partial charge >= 0.3 is 5.76 Å².